The number of carbonyl (C=O) groups is 1. The minimum atomic E-state index is -0.698. The van der Waals surface area contributed by atoms with Crippen molar-refractivity contribution in [3.63, 3.8) is 0 Å². The fraction of sp³-hybridized carbons (Fsp3) is 0.462. The fourth-order valence-corrected chi connectivity index (χ4v) is 2.39. The summed E-state index contributed by atoms with van der Waals surface area (Å²) in [5.74, 6) is -0.989. The maximum atomic E-state index is 11.1. The second-order valence-electron chi connectivity index (χ2n) is 4.53. The molecule has 2 rings (SSSR count). The molecule has 0 unspecified atom stereocenters. The van der Waals surface area contributed by atoms with Crippen molar-refractivity contribution in [3.8, 4) is 0 Å². The van der Waals surface area contributed by atoms with Crippen LogP contribution in [-0.4, -0.2) is 17.6 Å². The predicted molar refractivity (Wildman–Crippen MR) is 62.4 cm³/mol. The molecule has 0 radical (unpaired) electrons. The number of carboxylic acids is 1. The van der Waals surface area contributed by atoms with Crippen LogP contribution in [0.5, 0.6) is 0 Å². The van der Waals surface area contributed by atoms with E-state index in [1.54, 1.807) is 0 Å². The summed E-state index contributed by atoms with van der Waals surface area (Å²) in [6.07, 6.45) is 0.716. The Morgan fingerprint density at radius 1 is 1.44 bits per heavy atom. The highest BCUT2D eigenvalue weighted by molar-refractivity contribution is 5.72. The van der Waals surface area contributed by atoms with Gasteiger partial charge in [0.25, 0.3) is 0 Å². The Kier molecular flexibility index (Phi) is 2.97. The monoisotopic (exact) mass is 219 g/mol. The molecule has 0 spiro atoms. The highest BCUT2D eigenvalue weighted by Gasteiger charge is 2.34. The largest absolute Gasteiger partial charge is 0.481 e. The molecule has 1 aromatic carbocycles. The fourth-order valence-electron chi connectivity index (χ4n) is 2.39. The van der Waals surface area contributed by atoms with Crippen LogP contribution in [0, 0.1) is 19.8 Å². The molecule has 1 aliphatic heterocycles. The normalized spacial score (nSPS) is 24.6. The Hall–Kier alpha value is -1.35. The van der Waals surface area contributed by atoms with Gasteiger partial charge >= 0.3 is 5.97 Å². The zero-order chi connectivity index (χ0) is 11.7. The Morgan fingerprint density at radius 2 is 2.19 bits per heavy atom. The number of hydrogen-bond acceptors (Lipinski definition) is 2. The van der Waals surface area contributed by atoms with E-state index in [-0.39, 0.29) is 12.0 Å². The summed E-state index contributed by atoms with van der Waals surface area (Å²) in [5.41, 5.74) is 3.47. The third-order valence-electron chi connectivity index (χ3n) is 3.31. The number of benzene rings is 1. The average molecular weight is 219 g/mol. The van der Waals surface area contributed by atoms with E-state index in [4.69, 9.17) is 5.11 Å². The molecule has 1 heterocycles. The molecule has 1 aliphatic rings. The molecule has 0 bridgehead atoms. The second kappa shape index (κ2) is 4.26. The maximum absolute atomic E-state index is 11.1. The standard InChI is InChI=1S/C13H17NO2/c1-8-3-4-9(2)11(7-8)12-10(13(15)16)5-6-14-12/h3-4,7,10,12,14H,5-6H2,1-2H3,(H,15,16)/t10-,12-/m1/s1. The van der Waals surface area contributed by atoms with Crippen molar-refractivity contribution in [2.24, 2.45) is 5.92 Å². The van der Waals surface area contributed by atoms with E-state index >= 15 is 0 Å². The lowest BCUT2D eigenvalue weighted by Crippen LogP contribution is -2.24. The molecule has 1 fully saturated rings. The van der Waals surface area contributed by atoms with Crippen LogP contribution in [0.2, 0.25) is 0 Å². The molecular weight excluding hydrogens is 202 g/mol. The van der Waals surface area contributed by atoms with Crippen LogP contribution in [0.4, 0.5) is 0 Å². The predicted octanol–water partition coefficient (Wildman–Crippen LogP) is 2.04. The van der Waals surface area contributed by atoms with Crippen molar-refractivity contribution in [1.29, 1.82) is 0 Å². The van der Waals surface area contributed by atoms with Gasteiger partial charge in [-0.15, -0.1) is 0 Å². The van der Waals surface area contributed by atoms with E-state index in [0.29, 0.717) is 6.42 Å². The number of rotatable bonds is 2. The van der Waals surface area contributed by atoms with Gasteiger partial charge in [0, 0.05) is 6.04 Å². The Balaban J connectivity index is 2.35. The number of carboxylic acid groups (broad SMARTS) is 1. The van der Waals surface area contributed by atoms with Gasteiger partial charge in [-0.1, -0.05) is 23.8 Å². The molecule has 1 aromatic rings. The zero-order valence-electron chi connectivity index (χ0n) is 9.66. The molecule has 1 saturated heterocycles. The highest BCUT2D eigenvalue weighted by Crippen LogP contribution is 2.32. The first-order valence-electron chi connectivity index (χ1n) is 5.63. The number of nitrogens with one attached hydrogen (secondary N) is 1. The quantitative estimate of drug-likeness (QED) is 0.800. The first-order chi connectivity index (χ1) is 7.59. The molecule has 3 nitrogen and oxygen atoms in total. The smallest absolute Gasteiger partial charge is 0.308 e. The Morgan fingerprint density at radius 3 is 2.88 bits per heavy atom. The van der Waals surface area contributed by atoms with Crippen LogP contribution < -0.4 is 5.32 Å². The third-order valence-corrected chi connectivity index (χ3v) is 3.31. The van der Waals surface area contributed by atoms with E-state index in [1.165, 1.54) is 5.56 Å². The molecule has 3 heteroatoms. The van der Waals surface area contributed by atoms with Crippen LogP contribution in [0.25, 0.3) is 0 Å². The van der Waals surface area contributed by atoms with Crippen LogP contribution in [-0.2, 0) is 4.79 Å². The summed E-state index contributed by atoms with van der Waals surface area (Å²) < 4.78 is 0. The lowest BCUT2D eigenvalue weighted by atomic mass is 9.90. The van der Waals surface area contributed by atoms with E-state index in [1.807, 2.05) is 13.8 Å². The topological polar surface area (TPSA) is 49.3 Å². The number of hydrogen-bond donors (Lipinski definition) is 2. The lowest BCUT2D eigenvalue weighted by Gasteiger charge is -2.19. The van der Waals surface area contributed by atoms with Gasteiger partial charge in [0.15, 0.2) is 0 Å². The third kappa shape index (κ3) is 1.95. The number of aryl methyl sites for hydroxylation is 2. The molecule has 86 valence electrons. The summed E-state index contributed by atoms with van der Waals surface area (Å²) in [6.45, 7) is 4.86. The summed E-state index contributed by atoms with van der Waals surface area (Å²) >= 11 is 0. The van der Waals surface area contributed by atoms with Crippen molar-refractivity contribution in [2.75, 3.05) is 6.54 Å². The molecular formula is C13H17NO2. The van der Waals surface area contributed by atoms with Gasteiger partial charge in [-0.05, 0) is 37.9 Å². The molecule has 0 saturated carbocycles. The van der Waals surface area contributed by atoms with Gasteiger partial charge in [-0.2, -0.15) is 0 Å². The van der Waals surface area contributed by atoms with Crippen LogP contribution >= 0.6 is 0 Å². The number of aliphatic carboxylic acids is 1. The van der Waals surface area contributed by atoms with Crippen molar-refractivity contribution >= 4 is 5.97 Å². The van der Waals surface area contributed by atoms with Crippen molar-refractivity contribution in [1.82, 2.24) is 5.32 Å². The zero-order valence-corrected chi connectivity index (χ0v) is 9.66. The molecule has 2 N–H and O–H groups in total. The van der Waals surface area contributed by atoms with Gasteiger partial charge in [-0.3, -0.25) is 4.79 Å². The lowest BCUT2D eigenvalue weighted by molar-refractivity contribution is -0.142. The van der Waals surface area contributed by atoms with E-state index in [9.17, 15) is 4.79 Å². The van der Waals surface area contributed by atoms with Crippen molar-refractivity contribution in [2.45, 2.75) is 26.3 Å². The van der Waals surface area contributed by atoms with Crippen LogP contribution in [0.3, 0.4) is 0 Å². The SMILES string of the molecule is Cc1ccc(C)c([C@@H]2NCC[C@H]2C(=O)O)c1. The van der Waals surface area contributed by atoms with Gasteiger partial charge in [0.2, 0.25) is 0 Å². The second-order valence-corrected chi connectivity index (χ2v) is 4.53. The Labute approximate surface area is 95.5 Å². The van der Waals surface area contributed by atoms with E-state index < -0.39 is 5.97 Å². The summed E-state index contributed by atoms with van der Waals surface area (Å²) in [5, 5.41) is 12.5. The highest BCUT2D eigenvalue weighted by atomic mass is 16.4. The molecule has 0 aromatic heterocycles. The van der Waals surface area contributed by atoms with Crippen molar-refractivity contribution < 1.29 is 9.90 Å². The van der Waals surface area contributed by atoms with Gasteiger partial charge in [0.1, 0.15) is 0 Å². The summed E-state index contributed by atoms with van der Waals surface area (Å²) in [7, 11) is 0. The van der Waals surface area contributed by atoms with Crippen LogP contribution in [0.1, 0.15) is 29.2 Å². The van der Waals surface area contributed by atoms with Gasteiger partial charge < -0.3 is 10.4 Å². The van der Waals surface area contributed by atoms with Crippen LogP contribution in [0.15, 0.2) is 18.2 Å². The Bertz CT molecular complexity index is 414. The minimum Gasteiger partial charge on any atom is -0.481 e. The summed E-state index contributed by atoms with van der Waals surface area (Å²) in [6, 6.07) is 6.18. The molecule has 0 aliphatic carbocycles. The first kappa shape index (κ1) is 11.1. The van der Waals surface area contributed by atoms with Gasteiger partial charge in [-0.25, -0.2) is 0 Å². The van der Waals surface area contributed by atoms with Crippen molar-refractivity contribution in [3.05, 3.63) is 34.9 Å². The molecule has 2 atom stereocenters. The van der Waals surface area contributed by atoms with Gasteiger partial charge in [0.05, 0.1) is 5.92 Å². The first-order valence-corrected chi connectivity index (χ1v) is 5.63. The van der Waals surface area contributed by atoms with E-state index in [2.05, 4.69) is 23.5 Å². The van der Waals surface area contributed by atoms with E-state index in [0.717, 1.165) is 17.7 Å². The molecule has 0 amide bonds. The summed E-state index contributed by atoms with van der Waals surface area (Å²) in [4.78, 5) is 11.1. The average Bonchev–Trinajstić information content (AvgIpc) is 2.70. The minimum absolute atomic E-state index is 0.0302. The molecule has 16 heavy (non-hydrogen) atoms. The maximum Gasteiger partial charge on any atom is 0.308 e.